The lowest BCUT2D eigenvalue weighted by Gasteiger charge is -2.18. The molecule has 1 aliphatic rings. The molecule has 1 aliphatic heterocycles. The highest BCUT2D eigenvalue weighted by atomic mass is 16.2. The van der Waals surface area contributed by atoms with E-state index in [9.17, 15) is 4.79 Å². The van der Waals surface area contributed by atoms with Gasteiger partial charge in [0.15, 0.2) is 0 Å². The number of nitrogens with zero attached hydrogens (tertiary/aromatic N) is 1. The molecular formula is C11H14N2O. The van der Waals surface area contributed by atoms with Crippen LogP contribution in [-0.2, 0) is 0 Å². The number of hydrogen-bond donors (Lipinski definition) is 1. The van der Waals surface area contributed by atoms with Gasteiger partial charge in [-0.15, -0.1) is 0 Å². The molecule has 0 spiro atoms. The molecule has 3 heteroatoms. The maximum Gasteiger partial charge on any atom is 0.317 e. The molecule has 0 radical (unpaired) electrons. The van der Waals surface area contributed by atoms with E-state index in [1.807, 2.05) is 7.05 Å². The van der Waals surface area contributed by atoms with Crippen molar-refractivity contribution in [1.82, 2.24) is 10.2 Å². The van der Waals surface area contributed by atoms with Gasteiger partial charge < -0.3 is 10.2 Å². The van der Waals surface area contributed by atoms with Crippen molar-refractivity contribution in [2.45, 2.75) is 13.0 Å². The van der Waals surface area contributed by atoms with Gasteiger partial charge in [0, 0.05) is 13.6 Å². The average molecular weight is 190 g/mol. The smallest absolute Gasteiger partial charge is 0.317 e. The minimum Gasteiger partial charge on any atom is -0.336 e. The van der Waals surface area contributed by atoms with Crippen molar-refractivity contribution in [3.63, 3.8) is 0 Å². The molecular weight excluding hydrogens is 176 g/mol. The van der Waals surface area contributed by atoms with Crippen LogP contribution in [0.15, 0.2) is 24.3 Å². The van der Waals surface area contributed by atoms with E-state index < -0.39 is 0 Å². The monoisotopic (exact) mass is 190 g/mol. The minimum atomic E-state index is 0.00979. The van der Waals surface area contributed by atoms with Gasteiger partial charge in [0.05, 0.1) is 6.04 Å². The number of urea groups is 1. The first-order valence-corrected chi connectivity index (χ1v) is 4.75. The van der Waals surface area contributed by atoms with Crippen molar-refractivity contribution < 1.29 is 4.79 Å². The van der Waals surface area contributed by atoms with Crippen molar-refractivity contribution in [2.75, 3.05) is 13.6 Å². The molecule has 74 valence electrons. The number of amides is 2. The summed E-state index contributed by atoms with van der Waals surface area (Å²) in [6.07, 6.45) is 0. The van der Waals surface area contributed by atoms with Gasteiger partial charge in [0.25, 0.3) is 0 Å². The second kappa shape index (κ2) is 3.33. The Balaban J connectivity index is 2.23. The number of aryl methyl sites for hydroxylation is 1. The van der Waals surface area contributed by atoms with E-state index in [0.29, 0.717) is 6.54 Å². The van der Waals surface area contributed by atoms with Crippen LogP contribution in [0.3, 0.4) is 0 Å². The molecule has 0 bridgehead atoms. The molecule has 1 aromatic rings. The summed E-state index contributed by atoms with van der Waals surface area (Å²) in [6, 6.07) is 8.50. The van der Waals surface area contributed by atoms with Gasteiger partial charge in [-0.25, -0.2) is 4.79 Å². The molecule has 14 heavy (non-hydrogen) atoms. The van der Waals surface area contributed by atoms with Crippen LogP contribution in [0.2, 0.25) is 0 Å². The van der Waals surface area contributed by atoms with E-state index in [2.05, 4.69) is 36.5 Å². The van der Waals surface area contributed by atoms with Crippen LogP contribution in [0, 0.1) is 6.92 Å². The van der Waals surface area contributed by atoms with Gasteiger partial charge in [0.1, 0.15) is 0 Å². The van der Waals surface area contributed by atoms with Crippen LogP contribution in [0.5, 0.6) is 0 Å². The number of rotatable bonds is 1. The standard InChI is InChI=1S/C11H14N2O/c1-8-3-5-9(6-4-8)10-7-12-11(14)13(10)2/h3-6,10H,7H2,1-2H3,(H,12,14). The number of carbonyl (C=O) groups is 1. The van der Waals surface area contributed by atoms with Gasteiger partial charge in [-0.2, -0.15) is 0 Å². The summed E-state index contributed by atoms with van der Waals surface area (Å²) in [5.74, 6) is 0. The second-order valence-corrected chi connectivity index (χ2v) is 3.72. The van der Waals surface area contributed by atoms with E-state index in [1.54, 1.807) is 4.90 Å². The van der Waals surface area contributed by atoms with Crippen molar-refractivity contribution >= 4 is 6.03 Å². The molecule has 1 atom stereocenters. The van der Waals surface area contributed by atoms with Crippen LogP contribution in [-0.4, -0.2) is 24.5 Å². The lowest BCUT2D eigenvalue weighted by molar-refractivity contribution is 0.217. The fraction of sp³-hybridized carbons (Fsp3) is 0.364. The highest BCUT2D eigenvalue weighted by molar-refractivity contribution is 5.76. The van der Waals surface area contributed by atoms with Crippen molar-refractivity contribution in [1.29, 1.82) is 0 Å². The fourth-order valence-corrected chi connectivity index (χ4v) is 1.72. The third kappa shape index (κ3) is 1.45. The maximum absolute atomic E-state index is 11.2. The summed E-state index contributed by atoms with van der Waals surface area (Å²) in [5.41, 5.74) is 2.44. The van der Waals surface area contributed by atoms with E-state index >= 15 is 0 Å². The van der Waals surface area contributed by atoms with Gasteiger partial charge in [-0.3, -0.25) is 0 Å². The zero-order chi connectivity index (χ0) is 10.1. The molecule has 0 aliphatic carbocycles. The molecule has 1 N–H and O–H groups in total. The van der Waals surface area contributed by atoms with Crippen molar-refractivity contribution in [3.8, 4) is 0 Å². The number of likely N-dealkylation sites (N-methyl/N-ethyl adjacent to an activating group) is 1. The van der Waals surface area contributed by atoms with Crippen LogP contribution in [0.1, 0.15) is 17.2 Å². The van der Waals surface area contributed by atoms with Crippen LogP contribution >= 0.6 is 0 Å². The van der Waals surface area contributed by atoms with Crippen LogP contribution < -0.4 is 5.32 Å². The zero-order valence-corrected chi connectivity index (χ0v) is 8.45. The van der Waals surface area contributed by atoms with E-state index in [4.69, 9.17) is 0 Å². The van der Waals surface area contributed by atoms with E-state index in [0.717, 1.165) is 0 Å². The predicted molar refractivity (Wildman–Crippen MR) is 55.1 cm³/mol. The molecule has 1 saturated heterocycles. The van der Waals surface area contributed by atoms with Crippen molar-refractivity contribution in [2.24, 2.45) is 0 Å². The lowest BCUT2D eigenvalue weighted by Crippen LogP contribution is -2.25. The Kier molecular flexibility index (Phi) is 2.15. The molecule has 1 unspecified atom stereocenters. The molecule has 2 amide bonds. The number of carbonyl (C=O) groups excluding carboxylic acids is 1. The highest BCUT2D eigenvalue weighted by Gasteiger charge is 2.27. The van der Waals surface area contributed by atoms with Gasteiger partial charge in [-0.05, 0) is 12.5 Å². The second-order valence-electron chi connectivity index (χ2n) is 3.72. The normalized spacial score (nSPS) is 21.1. The van der Waals surface area contributed by atoms with E-state index in [1.165, 1.54) is 11.1 Å². The summed E-state index contributed by atoms with van der Waals surface area (Å²) in [5, 5.41) is 2.82. The summed E-state index contributed by atoms with van der Waals surface area (Å²) in [6.45, 7) is 2.77. The molecule has 0 aromatic heterocycles. The van der Waals surface area contributed by atoms with Gasteiger partial charge in [-0.1, -0.05) is 29.8 Å². The Hall–Kier alpha value is -1.51. The Morgan fingerprint density at radius 3 is 2.50 bits per heavy atom. The molecule has 1 aromatic carbocycles. The SMILES string of the molecule is Cc1ccc(C2CNC(=O)N2C)cc1. The Morgan fingerprint density at radius 2 is 2.00 bits per heavy atom. The fourth-order valence-electron chi connectivity index (χ4n) is 1.72. The number of hydrogen-bond acceptors (Lipinski definition) is 1. The summed E-state index contributed by atoms with van der Waals surface area (Å²) in [4.78, 5) is 13.0. The predicted octanol–water partition coefficient (Wildman–Crippen LogP) is 1.69. The van der Waals surface area contributed by atoms with Crippen LogP contribution in [0.25, 0.3) is 0 Å². The largest absolute Gasteiger partial charge is 0.336 e. The first kappa shape index (κ1) is 9.06. The summed E-state index contributed by atoms with van der Waals surface area (Å²) < 4.78 is 0. The topological polar surface area (TPSA) is 32.3 Å². The van der Waals surface area contributed by atoms with Crippen LogP contribution in [0.4, 0.5) is 4.79 Å². The molecule has 1 heterocycles. The maximum atomic E-state index is 11.2. The Labute approximate surface area is 83.7 Å². The highest BCUT2D eigenvalue weighted by Crippen LogP contribution is 2.22. The Bertz CT molecular complexity index is 345. The lowest BCUT2D eigenvalue weighted by atomic mass is 10.1. The molecule has 2 rings (SSSR count). The molecule has 0 saturated carbocycles. The average Bonchev–Trinajstić information content (AvgIpc) is 2.50. The first-order chi connectivity index (χ1) is 6.68. The van der Waals surface area contributed by atoms with Gasteiger partial charge in [0.2, 0.25) is 0 Å². The van der Waals surface area contributed by atoms with Gasteiger partial charge >= 0.3 is 6.03 Å². The molecule has 1 fully saturated rings. The quantitative estimate of drug-likeness (QED) is 0.718. The number of benzene rings is 1. The third-order valence-corrected chi connectivity index (χ3v) is 2.70. The van der Waals surface area contributed by atoms with E-state index in [-0.39, 0.29) is 12.1 Å². The minimum absolute atomic E-state index is 0.00979. The third-order valence-electron chi connectivity index (χ3n) is 2.70. The zero-order valence-electron chi connectivity index (χ0n) is 8.45. The summed E-state index contributed by atoms with van der Waals surface area (Å²) in [7, 11) is 1.83. The van der Waals surface area contributed by atoms with Crippen molar-refractivity contribution in [3.05, 3.63) is 35.4 Å². The Morgan fingerprint density at radius 1 is 1.36 bits per heavy atom. The number of nitrogens with one attached hydrogen (secondary N) is 1. The molecule has 3 nitrogen and oxygen atoms in total. The first-order valence-electron chi connectivity index (χ1n) is 4.75. The summed E-state index contributed by atoms with van der Waals surface area (Å²) >= 11 is 0.